The molecule has 0 fully saturated rings. The molecule has 0 saturated heterocycles. The van der Waals surface area contributed by atoms with Crippen LogP contribution in [0.2, 0.25) is 0 Å². The fourth-order valence-electron chi connectivity index (χ4n) is 1.33. The van der Waals surface area contributed by atoms with Crippen molar-refractivity contribution >= 4 is 11.9 Å². The van der Waals surface area contributed by atoms with Crippen molar-refractivity contribution in [2.45, 2.75) is 66.8 Å². The standard InChI is InChI=1S/C15H26O5/c1-7-8-11(16)13(18)20-14(15(4,5)6)19-12(17)9-10(2)3/h9,11,14,16H,7-8H2,1-6H3. The summed E-state index contributed by atoms with van der Waals surface area (Å²) >= 11 is 0. The van der Waals surface area contributed by atoms with E-state index in [0.29, 0.717) is 12.8 Å². The summed E-state index contributed by atoms with van der Waals surface area (Å²) in [5.74, 6) is -1.33. The molecule has 0 aromatic heterocycles. The van der Waals surface area contributed by atoms with E-state index in [0.717, 1.165) is 5.57 Å². The maximum absolute atomic E-state index is 11.7. The highest BCUT2D eigenvalue weighted by atomic mass is 16.7. The van der Waals surface area contributed by atoms with E-state index in [2.05, 4.69) is 0 Å². The van der Waals surface area contributed by atoms with Gasteiger partial charge >= 0.3 is 11.9 Å². The summed E-state index contributed by atoms with van der Waals surface area (Å²) in [6.07, 6.45) is 0.0809. The van der Waals surface area contributed by atoms with Crippen LogP contribution in [0.4, 0.5) is 0 Å². The number of carbonyl (C=O) groups is 2. The van der Waals surface area contributed by atoms with Crippen LogP contribution in [0.25, 0.3) is 0 Å². The highest BCUT2D eigenvalue weighted by molar-refractivity contribution is 5.83. The third-order valence-corrected chi connectivity index (χ3v) is 2.39. The highest BCUT2D eigenvalue weighted by Gasteiger charge is 2.33. The Morgan fingerprint density at radius 3 is 2.15 bits per heavy atom. The molecule has 0 radical (unpaired) electrons. The van der Waals surface area contributed by atoms with Crippen molar-refractivity contribution in [1.29, 1.82) is 0 Å². The molecule has 0 amide bonds. The molecule has 0 aliphatic rings. The van der Waals surface area contributed by atoms with Gasteiger partial charge in [0, 0.05) is 11.5 Å². The summed E-state index contributed by atoms with van der Waals surface area (Å²) < 4.78 is 10.3. The third-order valence-electron chi connectivity index (χ3n) is 2.39. The minimum absolute atomic E-state index is 0.317. The van der Waals surface area contributed by atoms with E-state index in [1.165, 1.54) is 6.08 Å². The van der Waals surface area contributed by atoms with E-state index >= 15 is 0 Å². The first-order valence-electron chi connectivity index (χ1n) is 6.82. The maximum Gasteiger partial charge on any atom is 0.338 e. The maximum atomic E-state index is 11.7. The van der Waals surface area contributed by atoms with E-state index in [-0.39, 0.29) is 0 Å². The van der Waals surface area contributed by atoms with Crippen molar-refractivity contribution in [3.8, 4) is 0 Å². The summed E-state index contributed by atoms with van der Waals surface area (Å²) in [6, 6.07) is 0. The van der Waals surface area contributed by atoms with E-state index in [4.69, 9.17) is 9.47 Å². The molecule has 0 heterocycles. The molecule has 116 valence electrons. The third kappa shape index (κ3) is 7.28. The van der Waals surface area contributed by atoms with Gasteiger partial charge in [-0.2, -0.15) is 0 Å². The van der Waals surface area contributed by atoms with Crippen LogP contribution in [0.15, 0.2) is 11.6 Å². The summed E-state index contributed by atoms with van der Waals surface area (Å²) in [7, 11) is 0. The summed E-state index contributed by atoms with van der Waals surface area (Å²) in [6.45, 7) is 10.7. The van der Waals surface area contributed by atoms with Gasteiger partial charge in [-0.05, 0) is 20.3 Å². The van der Waals surface area contributed by atoms with Crippen LogP contribution in [0, 0.1) is 5.41 Å². The first-order valence-corrected chi connectivity index (χ1v) is 6.82. The van der Waals surface area contributed by atoms with Crippen LogP contribution in [-0.4, -0.2) is 29.4 Å². The van der Waals surface area contributed by atoms with Gasteiger partial charge in [-0.25, -0.2) is 9.59 Å². The topological polar surface area (TPSA) is 72.8 Å². The van der Waals surface area contributed by atoms with Crippen molar-refractivity contribution in [2.24, 2.45) is 5.41 Å². The minimum atomic E-state index is -1.19. The number of allylic oxidation sites excluding steroid dienone is 1. The Labute approximate surface area is 121 Å². The van der Waals surface area contributed by atoms with Crippen LogP contribution < -0.4 is 0 Å². The second kappa shape index (κ2) is 8.04. The predicted octanol–water partition coefficient (Wildman–Crippen LogP) is 2.57. The molecule has 0 aromatic carbocycles. The van der Waals surface area contributed by atoms with Gasteiger partial charge in [0.15, 0.2) is 6.10 Å². The molecule has 2 unspecified atom stereocenters. The van der Waals surface area contributed by atoms with Crippen molar-refractivity contribution in [1.82, 2.24) is 0 Å². The Morgan fingerprint density at radius 1 is 1.20 bits per heavy atom. The number of aliphatic hydroxyl groups is 1. The van der Waals surface area contributed by atoms with Crippen molar-refractivity contribution < 1.29 is 24.2 Å². The van der Waals surface area contributed by atoms with Crippen LogP contribution in [-0.2, 0) is 19.1 Å². The molecule has 20 heavy (non-hydrogen) atoms. The first kappa shape index (κ1) is 18.6. The highest BCUT2D eigenvalue weighted by Crippen LogP contribution is 2.24. The lowest BCUT2D eigenvalue weighted by Crippen LogP contribution is -2.38. The molecule has 0 aliphatic heterocycles. The van der Waals surface area contributed by atoms with Gasteiger partial charge < -0.3 is 14.6 Å². The monoisotopic (exact) mass is 286 g/mol. The second-order valence-corrected chi connectivity index (χ2v) is 6.10. The molecule has 1 N–H and O–H groups in total. The Balaban J connectivity index is 4.80. The molecule has 0 spiro atoms. The second-order valence-electron chi connectivity index (χ2n) is 6.10. The lowest BCUT2D eigenvalue weighted by Gasteiger charge is -2.29. The Morgan fingerprint density at radius 2 is 1.75 bits per heavy atom. The van der Waals surface area contributed by atoms with Gasteiger partial charge in [0.1, 0.15) is 0 Å². The number of esters is 2. The molecular formula is C15H26O5. The normalized spacial score (nSPS) is 14.2. The number of ether oxygens (including phenoxy) is 2. The number of aliphatic hydroxyl groups excluding tert-OH is 1. The fourth-order valence-corrected chi connectivity index (χ4v) is 1.33. The molecule has 0 bridgehead atoms. The van der Waals surface area contributed by atoms with Crippen LogP contribution in [0.3, 0.4) is 0 Å². The van der Waals surface area contributed by atoms with Crippen LogP contribution in [0.5, 0.6) is 0 Å². The zero-order valence-electron chi connectivity index (χ0n) is 13.2. The molecule has 0 saturated carbocycles. The largest absolute Gasteiger partial charge is 0.423 e. The molecule has 0 aliphatic carbocycles. The summed E-state index contributed by atoms with van der Waals surface area (Å²) in [5, 5.41) is 9.58. The van der Waals surface area contributed by atoms with Gasteiger partial charge in [0.05, 0.1) is 0 Å². The summed E-state index contributed by atoms with van der Waals surface area (Å²) in [5.41, 5.74) is 0.215. The zero-order valence-corrected chi connectivity index (χ0v) is 13.2. The van der Waals surface area contributed by atoms with Gasteiger partial charge in [-0.3, -0.25) is 0 Å². The van der Waals surface area contributed by atoms with E-state index in [9.17, 15) is 14.7 Å². The van der Waals surface area contributed by atoms with Crippen molar-refractivity contribution in [3.05, 3.63) is 11.6 Å². The molecule has 0 rings (SSSR count). The number of rotatable bonds is 6. The SMILES string of the molecule is CCCC(O)C(=O)OC(OC(=O)C=C(C)C)C(C)(C)C. The van der Waals surface area contributed by atoms with E-state index in [1.807, 2.05) is 6.92 Å². The van der Waals surface area contributed by atoms with Crippen molar-refractivity contribution in [2.75, 3.05) is 0 Å². The smallest absolute Gasteiger partial charge is 0.338 e. The number of hydrogen-bond acceptors (Lipinski definition) is 5. The van der Waals surface area contributed by atoms with Crippen LogP contribution in [0.1, 0.15) is 54.4 Å². The number of hydrogen-bond donors (Lipinski definition) is 1. The average Bonchev–Trinajstić information content (AvgIpc) is 2.25. The van der Waals surface area contributed by atoms with Gasteiger partial charge in [-0.1, -0.05) is 39.7 Å². The lowest BCUT2D eigenvalue weighted by atomic mass is 9.96. The quantitative estimate of drug-likeness (QED) is 0.461. The fraction of sp³-hybridized carbons (Fsp3) is 0.733. The van der Waals surface area contributed by atoms with Crippen LogP contribution >= 0.6 is 0 Å². The molecule has 5 nitrogen and oxygen atoms in total. The van der Waals surface area contributed by atoms with Gasteiger partial charge in [0.25, 0.3) is 6.29 Å². The lowest BCUT2D eigenvalue weighted by molar-refractivity contribution is -0.210. The predicted molar refractivity (Wildman–Crippen MR) is 75.8 cm³/mol. The first-order chi connectivity index (χ1) is 9.07. The molecule has 5 heteroatoms. The van der Waals surface area contributed by atoms with Gasteiger partial charge in [0.2, 0.25) is 0 Å². The Kier molecular flexibility index (Phi) is 7.50. The average molecular weight is 286 g/mol. The van der Waals surface area contributed by atoms with E-state index in [1.54, 1.807) is 34.6 Å². The Bertz CT molecular complexity index is 361. The van der Waals surface area contributed by atoms with Crippen molar-refractivity contribution in [3.63, 3.8) is 0 Å². The molecular weight excluding hydrogens is 260 g/mol. The van der Waals surface area contributed by atoms with Gasteiger partial charge in [-0.15, -0.1) is 0 Å². The molecule has 0 aromatic rings. The van der Waals surface area contributed by atoms with E-state index < -0.39 is 29.7 Å². The number of carbonyl (C=O) groups excluding carboxylic acids is 2. The minimum Gasteiger partial charge on any atom is -0.423 e. The summed E-state index contributed by atoms with van der Waals surface area (Å²) in [4.78, 5) is 23.4. The Hall–Kier alpha value is -1.36. The zero-order chi connectivity index (χ0) is 15.9. The molecule has 2 atom stereocenters.